The largest absolute Gasteiger partial charge is 0.507 e. The van der Waals surface area contributed by atoms with Gasteiger partial charge in [0, 0.05) is 10.6 Å². The van der Waals surface area contributed by atoms with Crippen LogP contribution in [-0.2, 0) is 6.42 Å². The van der Waals surface area contributed by atoms with Crippen LogP contribution in [0.15, 0.2) is 42.5 Å². The average Bonchev–Trinajstić information content (AvgIpc) is 2.41. The topological polar surface area (TPSA) is 37.3 Å². The smallest absolute Gasteiger partial charge is 0.196 e. The van der Waals surface area contributed by atoms with E-state index in [9.17, 15) is 9.90 Å². The van der Waals surface area contributed by atoms with Crippen LogP contribution in [0.25, 0.3) is 0 Å². The second-order valence-electron chi connectivity index (χ2n) is 4.44. The van der Waals surface area contributed by atoms with Gasteiger partial charge in [0.2, 0.25) is 0 Å². The zero-order valence-corrected chi connectivity index (χ0v) is 11.4. The number of ketones is 1. The Morgan fingerprint density at radius 3 is 2.47 bits per heavy atom. The van der Waals surface area contributed by atoms with Gasteiger partial charge in [-0.05, 0) is 48.4 Å². The summed E-state index contributed by atoms with van der Waals surface area (Å²) >= 11 is 5.80. The highest BCUT2D eigenvalue weighted by atomic mass is 35.5. The third-order valence-electron chi connectivity index (χ3n) is 2.95. The van der Waals surface area contributed by atoms with Gasteiger partial charge >= 0.3 is 0 Å². The summed E-state index contributed by atoms with van der Waals surface area (Å²) in [6.45, 7) is 2.08. The van der Waals surface area contributed by atoms with Crippen molar-refractivity contribution in [3.05, 3.63) is 64.2 Å². The summed E-state index contributed by atoms with van der Waals surface area (Å²) in [5, 5.41) is 10.4. The van der Waals surface area contributed by atoms with E-state index in [1.807, 2.05) is 6.07 Å². The van der Waals surface area contributed by atoms with E-state index in [2.05, 4.69) is 6.92 Å². The Hall–Kier alpha value is -1.80. The second kappa shape index (κ2) is 5.89. The first-order chi connectivity index (χ1) is 9.11. The molecule has 0 aromatic heterocycles. The number of phenolic OH excluding ortho intramolecular Hbond substituents is 1. The van der Waals surface area contributed by atoms with E-state index in [0.29, 0.717) is 16.1 Å². The molecule has 0 aliphatic heterocycles. The van der Waals surface area contributed by atoms with E-state index in [1.54, 1.807) is 36.4 Å². The molecule has 0 amide bonds. The van der Waals surface area contributed by atoms with Crippen LogP contribution in [0.4, 0.5) is 0 Å². The second-order valence-corrected chi connectivity index (χ2v) is 4.87. The maximum absolute atomic E-state index is 12.3. The molecule has 2 nitrogen and oxygen atoms in total. The van der Waals surface area contributed by atoms with Crippen LogP contribution >= 0.6 is 11.6 Å². The van der Waals surface area contributed by atoms with Gasteiger partial charge < -0.3 is 5.11 Å². The molecule has 0 saturated heterocycles. The molecule has 0 aliphatic rings. The van der Waals surface area contributed by atoms with Gasteiger partial charge in [-0.2, -0.15) is 0 Å². The molecule has 3 heteroatoms. The number of phenols is 1. The van der Waals surface area contributed by atoms with Crippen LogP contribution in [0, 0.1) is 0 Å². The summed E-state index contributed by atoms with van der Waals surface area (Å²) in [5.74, 6) is -0.174. The molecule has 2 rings (SSSR count). The van der Waals surface area contributed by atoms with Crippen molar-refractivity contribution in [1.29, 1.82) is 0 Å². The predicted octanol–water partition coefficient (Wildman–Crippen LogP) is 4.23. The van der Waals surface area contributed by atoms with E-state index in [0.717, 1.165) is 18.4 Å². The van der Waals surface area contributed by atoms with Crippen LogP contribution in [0.3, 0.4) is 0 Å². The van der Waals surface area contributed by atoms with Crippen molar-refractivity contribution < 1.29 is 9.90 Å². The van der Waals surface area contributed by atoms with Gasteiger partial charge in [-0.15, -0.1) is 0 Å². The Balaban J connectivity index is 2.37. The molecule has 2 aromatic rings. The van der Waals surface area contributed by atoms with Crippen molar-refractivity contribution in [3.8, 4) is 5.75 Å². The van der Waals surface area contributed by atoms with Gasteiger partial charge in [-0.1, -0.05) is 31.0 Å². The van der Waals surface area contributed by atoms with Crippen LogP contribution in [-0.4, -0.2) is 10.9 Å². The Kier molecular flexibility index (Phi) is 4.23. The summed E-state index contributed by atoms with van der Waals surface area (Å²) in [6.07, 6.45) is 1.89. The SMILES string of the molecule is CCCc1ccc(O)c(C(=O)c2ccc(Cl)cc2)c1. The first-order valence-electron chi connectivity index (χ1n) is 6.24. The number of benzene rings is 2. The predicted molar refractivity (Wildman–Crippen MR) is 77.0 cm³/mol. The molecule has 0 atom stereocenters. The number of carbonyl (C=O) groups is 1. The number of halogens is 1. The zero-order valence-electron chi connectivity index (χ0n) is 10.7. The molecule has 98 valence electrons. The molecule has 0 heterocycles. The van der Waals surface area contributed by atoms with Gasteiger partial charge in [0.05, 0.1) is 5.56 Å². The lowest BCUT2D eigenvalue weighted by atomic mass is 9.99. The Labute approximate surface area is 117 Å². The molecular weight excluding hydrogens is 260 g/mol. The van der Waals surface area contributed by atoms with E-state index < -0.39 is 0 Å². The number of aryl methyl sites for hydroxylation is 1. The molecule has 0 unspecified atom stereocenters. The van der Waals surface area contributed by atoms with Crippen molar-refractivity contribution in [2.75, 3.05) is 0 Å². The third-order valence-corrected chi connectivity index (χ3v) is 3.20. The van der Waals surface area contributed by atoms with Crippen LogP contribution in [0.5, 0.6) is 5.75 Å². The Morgan fingerprint density at radius 2 is 1.84 bits per heavy atom. The van der Waals surface area contributed by atoms with Crippen LogP contribution in [0.2, 0.25) is 5.02 Å². The summed E-state index contributed by atoms with van der Waals surface area (Å²) in [4.78, 5) is 12.3. The maximum atomic E-state index is 12.3. The molecule has 19 heavy (non-hydrogen) atoms. The van der Waals surface area contributed by atoms with Crippen molar-refractivity contribution in [3.63, 3.8) is 0 Å². The molecular formula is C16H15ClO2. The number of aromatic hydroxyl groups is 1. The standard InChI is InChI=1S/C16H15ClO2/c1-2-3-11-4-9-15(18)14(10-11)16(19)12-5-7-13(17)8-6-12/h4-10,18H,2-3H2,1H3. The monoisotopic (exact) mass is 274 g/mol. The minimum absolute atomic E-state index is 0.0137. The number of hydrogen-bond donors (Lipinski definition) is 1. The number of carbonyl (C=O) groups excluding carboxylic acids is 1. The van der Waals surface area contributed by atoms with Gasteiger partial charge in [-0.3, -0.25) is 4.79 Å². The first kappa shape index (κ1) is 13.6. The first-order valence-corrected chi connectivity index (χ1v) is 6.61. The lowest BCUT2D eigenvalue weighted by molar-refractivity contribution is 0.103. The normalized spacial score (nSPS) is 10.4. The van der Waals surface area contributed by atoms with Gasteiger partial charge in [-0.25, -0.2) is 0 Å². The highest BCUT2D eigenvalue weighted by molar-refractivity contribution is 6.30. The average molecular weight is 275 g/mol. The molecule has 0 aliphatic carbocycles. The van der Waals surface area contributed by atoms with E-state index in [4.69, 9.17) is 11.6 Å². The van der Waals surface area contributed by atoms with Crippen molar-refractivity contribution in [2.45, 2.75) is 19.8 Å². The Bertz CT molecular complexity index is 588. The van der Waals surface area contributed by atoms with Crippen molar-refractivity contribution >= 4 is 17.4 Å². The molecule has 0 saturated carbocycles. The summed E-state index contributed by atoms with van der Waals surface area (Å²) in [7, 11) is 0. The van der Waals surface area contributed by atoms with Gasteiger partial charge in [0.15, 0.2) is 5.78 Å². The molecule has 1 N–H and O–H groups in total. The van der Waals surface area contributed by atoms with Gasteiger partial charge in [0.1, 0.15) is 5.75 Å². The highest BCUT2D eigenvalue weighted by Gasteiger charge is 2.14. The summed E-state index contributed by atoms with van der Waals surface area (Å²) in [5.41, 5.74) is 1.92. The lowest BCUT2D eigenvalue weighted by Crippen LogP contribution is -2.02. The molecule has 0 radical (unpaired) electrons. The molecule has 0 bridgehead atoms. The Morgan fingerprint density at radius 1 is 1.16 bits per heavy atom. The minimum atomic E-state index is -0.188. The fraction of sp³-hybridized carbons (Fsp3) is 0.188. The fourth-order valence-corrected chi connectivity index (χ4v) is 2.09. The number of hydrogen-bond acceptors (Lipinski definition) is 2. The van der Waals surface area contributed by atoms with Crippen LogP contribution in [0.1, 0.15) is 34.8 Å². The zero-order chi connectivity index (χ0) is 13.8. The van der Waals surface area contributed by atoms with E-state index in [1.165, 1.54) is 0 Å². The quantitative estimate of drug-likeness (QED) is 0.847. The molecule has 2 aromatic carbocycles. The lowest BCUT2D eigenvalue weighted by Gasteiger charge is -2.07. The van der Waals surface area contributed by atoms with Crippen LogP contribution < -0.4 is 0 Å². The van der Waals surface area contributed by atoms with Crippen molar-refractivity contribution in [2.24, 2.45) is 0 Å². The number of rotatable bonds is 4. The van der Waals surface area contributed by atoms with E-state index >= 15 is 0 Å². The van der Waals surface area contributed by atoms with E-state index in [-0.39, 0.29) is 11.5 Å². The maximum Gasteiger partial charge on any atom is 0.196 e. The molecule has 0 fully saturated rings. The third kappa shape index (κ3) is 3.15. The van der Waals surface area contributed by atoms with Gasteiger partial charge in [0.25, 0.3) is 0 Å². The van der Waals surface area contributed by atoms with Crippen molar-refractivity contribution in [1.82, 2.24) is 0 Å². The highest BCUT2D eigenvalue weighted by Crippen LogP contribution is 2.23. The summed E-state index contributed by atoms with van der Waals surface area (Å²) < 4.78 is 0. The summed E-state index contributed by atoms with van der Waals surface area (Å²) in [6, 6.07) is 11.8. The molecule has 0 spiro atoms. The minimum Gasteiger partial charge on any atom is -0.507 e. The fourth-order valence-electron chi connectivity index (χ4n) is 1.97.